The van der Waals surface area contributed by atoms with Crippen molar-refractivity contribution in [1.82, 2.24) is 4.90 Å². The van der Waals surface area contributed by atoms with E-state index in [2.05, 4.69) is 4.90 Å². The fraction of sp³-hybridized carbons (Fsp3) is 0.231. The molecule has 0 bridgehead atoms. The molecule has 17 heavy (non-hydrogen) atoms. The van der Waals surface area contributed by atoms with E-state index in [-0.39, 0.29) is 0 Å². The fourth-order valence-corrected chi connectivity index (χ4v) is 1.83. The SMILES string of the molecule is NCCN1C=CC=C(Oc2cccc(Cl)c2)C1. The summed E-state index contributed by atoms with van der Waals surface area (Å²) in [4.78, 5) is 2.11. The van der Waals surface area contributed by atoms with E-state index >= 15 is 0 Å². The lowest BCUT2D eigenvalue weighted by molar-refractivity contribution is 0.322. The van der Waals surface area contributed by atoms with Gasteiger partial charge in [0.05, 0.1) is 6.54 Å². The molecule has 90 valence electrons. The second kappa shape index (κ2) is 5.75. The average molecular weight is 251 g/mol. The van der Waals surface area contributed by atoms with Crippen LogP contribution in [0.3, 0.4) is 0 Å². The minimum absolute atomic E-state index is 0.634. The lowest BCUT2D eigenvalue weighted by Crippen LogP contribution is -2.29. The smallest absolute Gasteiger partial charge is 0.128 e. The summed E-state index contributed by atoms with van der Waals surface area (Å²) in [6.07, 6.45) is 5.92. The van der Waals surface area contributed by atoms with Crippen LogP contribution in [0.1, 0.15) is 0 Å². The summed E-state index contributed by atoms with van der Waals surface area (Å²) in [6.45, 7) is 2.20. The maximum Gasteiger partial charge on any atom is 0.128 e. The molecule has 0 atom stereocenters. The van der Waals surface area contributed by atoms with Crippen LogP contribution in [0.5, 0.6) is 5.75 Å². The maximum absolute atomic E-state index is 5.90. The van der Waals surface area contributed by atoms with Crippen LogP contribution in [0, 0.1) is 0 Å². The zero-order valence-electron chi connectivity index (χ0n) is 9.47. The van der Waals surface area contributed by atoms with Gasteiger partial charge in [-0.15, -0.1) is 0 Å². The van der Waals surface area contributed by atoms with Gasteiger partial charge in [-0.2, -0.15) is 0 Å². The van der Waals surface area contributed by atoms with E-state index in [1.807, 2.05) is 36.6 Å². The van der Waals surface area contributed by atoms with Crippen molar-refractivity contribution < 1.29 is 4.74 Å². The van der Waals surface area contributed by atoms with Crippen molar-refractivity contribution in [3.05, 3.63) is 53.4 Å². The van der Waals surface area contributed by atoms with Gasteiger partial charge in [0.25, 0.3) is 0 Å². The average Bonchev–Trinajstić information content (AvgIpc) is 2.30. The molecule has 0 radical (unpaired) electrons. The first-order chi connectivity index (χ1) is 8.28. The number of hydrogen-bond acceptors (Lipinski definition) is 3. The van der Waals surface area contributed by atoms with E-state index < -0.39 is 0 Å². The number of rotatable bonds is 4. The number of hydrogen-bond donors (Lipinski definition) is 1. The summed E-state index contributed by atoms with van der Waals surface area (Å²) in [5, 5.41) is 0.674. The fourth-order valence-electron chi connectivity index (χ4n) is 1.65. The highest BCUT2D eigenvalue weighted by Gasteiger charge is 2.08. The molecule has 2 N–H and O–H groups in total. The first-order valence-electron chi connectivity index (χ1n) is 5.53. The van der Waals surface area contributed by atoms with Crippen LogP contribution in [-0.4, -0.2) is 24.5 Å². The van der Waals surface area contributed by atoms with E-state index in [1.54, 1.807) is 6.07 Å². The normalized spacial score (nSPS) is 14.7. The van der Waals surface area contributed by atoms with Crippen molar-refractivity contribution in [1.29, 1.82) is 0 Å². The molecule has 4 heteroatoms. The number of allylic oxidation sites excluding steroid dienone is 2. The first kappa shape index (κ1) is 12.0. The summed E-state index contributed by atoms with van der Waals surface area (Å²) in [5.41, 5.74) is 5.52. The van der Waals surface area contributed by atoms with Gasteiger partial charge >= 0.3 is 0 Å². The molecular weight excluding hydrogens is 236 g/mol. The Hall–Kier alpha value is -1.45. The van der Waals surface area contributed by atoms with Gasteiger partial charge in [-0.3, -0.25) is 0 Å². The molecule has 1 aromatic carbocycles. The molecule has 1 aromatic rings. The molecule has 2 rings (SSSR count). The molecule has 0 unspecified atom stereocenters. The molecule has 0 saturated heterocycles. The first-order valence-corrected chi connectivity index (χ1v) is 5.90. The molecule has 1 aliphatic heterocycles. The van der Waals surface area contributed by atoms with Gasteiger partial charge < -0.3 is 15.4 Å². The van der Waals surface area contributed by atoms with E-state index in [9.17, 15) is 0 Å². The second-order valence-electron chi connectivity index (χ2n) is 3.79. The van der Waals surface area contributed by atoms with Crippen LogP contribution >= 0.6 is 11.6 Å². The Kier molecular flexibility index (Phi) is 4.07. The minimum Gasteiger partial charge on any atom is -0.460 e. The summed E-state index contributed by atoms with van der Waals surface area (Å²) < 4.78 is 5.76. The molecule has 0 fully saturated rings. The zero-order chi connectivity index (χ0) is 12.1. The van der Waals surface area contributed by atoms with Gasteiger partial charge in [-0.25, -0.2) is 0 Å². The molecule has 1 heterocycles. The van der Waals surface area contributed by atoms with Crippen molar-refractivity contribution >= 4 is 11.6 Å². The predicted octanol–water partition coefficient (Wildman–Crippen LogP) is 2.39. The summed E-state index contributed by atoms with van der Waals surface area (Å²) in [5.74, 6) is 1.65. The summed E-state index contributed by atoms with van der Waals surface area (Å²) in [7, 11) is 0. The molecule has 3 nitrogen and oxygen atoms in total. The molecule has 0 aliphatic carbocycles. The van der Waals surface area contributed by atoms with Crippen LogP contribution in [0.25, 0.3) is 0 Å². The quantitative estimate of drug-likeness (QED) is 0.892. The Morgan fingerprint density at radius 3 is 3.06 bits per heavy atom. The zero-order valence-corrected chi connectivity index (χ0v) is 10.2. The Labute approximate surface area is 106 Å². The molecule has 0 aromatic heterocycles. The lowest BCUT2D eigenvalue weighted by atomic mass is 10.3. The van der Waals surface area contributed by atoms with Gasteiger partial charge in [0.2, 0.25) is 0 Å². The van der Waals surface area contributed by atoms with Gasteiger partial charge in [-0.1, -0.05) is 17.7 Å². The third kappa shape index (κ3) is 3.51. The van der Waals surface area contributed by atoms with E-state index in [0.29, 0.717) is 11.6 Å². The van der Waals surface area contributed by atoms with E-state index in [0.717, 1.165) is 24.6 Å². The topological polar surface area (TPSA) is 38.5 Å². The molecule has 0 saturated carbocycles. The standard InChI is InChI=1S/C13H15ClN2O/c14-11-3-1-4-12(9-11)17-13-5-2-7-16(10-13)8-6-15/h1-5,7,9H,6,8,10,15H2. The van der Waals surface area contributed by atoms with Crippen LogP contribution in [0.4, 0.5) is 0 Å². The number of halogens is 1. The van der Waals surface area contributed by atoms with Crippen molar-refractivity contribution in [2.45, 2.75) is 0 Å². The number of ether oxygens (including phenoxy) is 1. The third-order valence-electron chi connectivity index (χ3n) is 2.40. The van der Waals surface area contributed by atoms with Crippen molar-refractivity contribution in [3.63, 3.8) is 0 Å². The highest BCUT2D eigenvalue weighted by Crippen LogP contribution is 2.20. The molecule has 0 spiro atoms. The van der Waals surface area contributed by atoms with Gasteiger partial charge in [0.1, 0.15) is 11.5 Å². The predicted molar refractivity (Wildman–Crippen MR) is 69.9 cm³/mol. The Morgan fingerprint density at radius 1 is 1.41 bits per heavy atom. The highest BCUT2D eigenvalue weighted by molar-refractivity contribution is 6.30. The second-order valence-corrected chi connectivity index (χ2v) is 4.23. The number of nitrogens with zero attached hydrogens (tertiary/aromatic N) is 1. The Balaban J connectivity index is 2.00. The lowest BCUT2D eigenvalue weighted by Gasteiger charge is -2.23. The monoisotopic (exact) mass is 250 g/mol. The molecule has 0 amide bonds. The van der Waals surface area contributed by atoms with Crippen LogP contribution in [0.2, 0.25) is 5.02 Å². The van der Waals surface area contributed by atoms with Crippen molar-refractivity contribution in [2.75, 3.05) is 19.6 Å². The Bertz CT molecular complexity index is 443. The Morgan fingerprint density at radius 2 is 2.29 bits per heavy atom. The summed E-state index contributed by atoms with van der Waals surface area (Å²) in [6, 6.07) is 7.38. The number of nitrogens with two attached hydrogens (primary N) is 1. The van der Waals surface area contributed by atoms with Gasteiger partial charge in [-0.05, 0) is 36.6 Å². The van der Waals surface area contributed by atoms with Gasteiger partial charge in [0.15, 0.2) is 0 Å². The largest absolute Gasteiger partial charge is 0.460 e. The van der Waals surface area contributed by atoms with Crippen LogP contribution in [-0.2, 0) is 0 Å². The van der Waals surface area contributed by atoms with Crippen molar-refractivity contribution in [2.24, 2.45) is 5.73 Å². The van der Waals surface area contributed by atoms with E-state index in [4.69, 9.17) is 22.1 Å². The van der Waals surface area contributed by atoms with Crippen molar-refractivity contribution in [3.8, 4) is 5.75 Å². The molecular formula is C13H15ClN2O. The minimum atomic E-state index is 0.634. The van der Waals surface area contributed by atoms with Gasteiger partial charge in [0, 0.05) is 18.1 Å². The highest BCUT2D eigenvalue weighted by atomic mass is 35.5. The number of benzene rings is 1. The van der Waals surface area contributed by atoms with E-state index in [1.165, 1.54) is 0 Å². The van der Waals surface area contributed by atoms with Crippen LogP contribution < -0.4 is 10.5 Å². The maximum atomic E-state index is 5.90. The third-order valence-corrected chi connectivity index (χ3v) is 2.63. The van der Waals surface area contributed by atoms with Crippen LogP contribution in [0.15, 0.2) is 48.4 Å². The summed E-state index contributed by atoms with van der Waals surface area (Å²) >= 11 is 5.90. The molecule has 1 aliphatic rings.